The number of rotatable bonds is 5. The zero-order valence-electron chi connectivity index (χ0n) is 29.0. The van der Waals surface area contributed by atoms with Crippen molar-refractivity contribution in [1.29, 1.82) is 5.26 Å². The highest BCUT2D eigenvalue weighted by Crippen LogP contribution is 2.44. The molecule has 5 aromatic carbocycles. The SMILES string of the molecule is N#Cc1ccccc1-n1c2c(c3cccc(-c4ccccc4C4=C(C5=c6c(c7ccccc7n6-c6ccccc6)=CCC5)C=CCC4)c31)C=CCC2. The molecule has 2 aromatic heterocycles. The zero-order valence-corrected chi connectivity index (χ0v) is 29.0. The van der Waals surface area contributed by atoms with Crippen LogP contribution in [0.2, 0.25) is 0 Å². The van der Waals surface area contributed by atoms with Crippen molar-refractivity contribution in [3.63, 3.8) is 0 Å². The normalized spacial score (nSPS) is 15.1. The summed E-state index contributed by atoms with van der Waals surface area (Å²) in [6.45, 7) is 0. The number of benzene rings is 5. The van der Waals surface area contributed by atoms with Gasteiger partial charge in [0.15, 0.2) is 0 Å². The van der Waals surface area contributed by atoms with Crippen molar-refractivity contribution in [3.05, 3.63) is 178 Å². The van der Waals surface area contributed by atoms with Gasteiger partial charge in [0.1, 0.15) is 6.07 Å². The molecule has 0 radical (unpaired) electrons. The molecule has 3 aliphatic rings. The first kappa shape index (κ1) is 30.5. The van der Waals surface area contributed by atoms with E-state index in [-0.39, 0.29) is 0 Å². The van der Waals surface area contributed by atoms with E-state index in [1.807, 2.05) is 12.1 Å². The molecule has 0 fully saturated rings. The summed E-state index contributed by atoms with van der Waals surface area (Å²) in [6.07, 6.45) is 17.7. The summed E-state index contributed by atoms with van der Waals surface area (Å²) in [5.41, 5.74) is 15.7. The molecule has 0 saturated heterocycles. The average molecular weight is 668 g/mol. The van der Waals surface area contributed by atoms with Crippen molar-refractivity contribution in [2.24, 2.45) is 0 Å². The summed E-state index contributed by atoms with van der Waals surface area (Å²) in [4.78, 5) is 0. The molecule has 3 nitrogen and oxygen atoms in total. The Labute approximate surface area is 303 Å². The highest BCUT2D eigenvalue weighted by atomic mass is 15.0. The molecule has 0 atom stereocenters. The molecule has 0 unspecified atom stereocenters. The van der Waals surface area contributed by atoms with Gasteiger partial charge in [-0.05, 0) is 96.7 Å². The van der Waals surface area contributed by atoms with Gasteiger partial charge in [-0.25, -0.2) is 0 Å². The van der Waals surface area contributed by atoms with Crippen LogP contribution < -0.4 is 10.6 Å². The van der Waals surface area contributed by atoms with Crippen LogP contribution in [0.25, 0.3) is 67.6 Å². The molecular weight excluding hydrogens is 631 g/mol. The highest BCUT2D eigenvalue weighted by Gasteiger charge is 2.26. The van der Waals surface area contributed by atoms with Crippen LogP contribution in [0.1, 0.15) is 54.5 Å². The van der Waals surface area contributed by atoms with E-state index in [1.165, 1.54) is 82.7 Å². The third-order valence-electron chi connectivity index (χ3n) is 11.2. The molecule has 248 valence electrons. The van der Waals surface area contributed by atoms with Gasteiger partial charge in [-0.3, -0.25) is 0 Å². The maximum Gasteiger partial charge on any atom is 0.101 e. The van der Waals surface area contributed by atoms with Crippen LogP contribution in [0.5, 0.6) is 0 Å². The maximum absolute atomic E-state index is 10.3. The number of nitriles is 1. The van der Waals surface area contributed by atoms with E-state index in [1.54, 1.807) is 0 Å². The Balaban J connectivity index is 1.28. The standard InChI is InChI=1S/C49H37N3/c50-32-33-16-4-11-29-45(33)52-47-31-13-10-24-40(47)44-28-15-26-42(49(44)52)38-22-8-6-20-36(38)35-19-5-7-21-37(35)41-25-14-27-43-39-23-9-12-30-46(39)51(48(41)43)34-17-2-1-3-18-34/h1-4,6-12,15-18,20-24,26-30H,5,13-14,19,25,31H2. The molecule has 52 heavy (non-hydrogen) atoms. The lowest BCUT2D eigenvalue weighted by Gasteiger charge is -2.23. The van der Waals surface area contributed by atoms with Crippen LogP contribution in [0.15, 0.2) is 145 Å². The van der Waals surface area contributed by atoms with Crippen LogP contribution in [0.3, 0.4) is 0 Å². The monoisotopic (exact) mass is 667 g/mol. The number of allylic oxidation sites excluding steroid dienone is 5. The molecule has 0 aliphatic heterocycles. The molecule has 2 heterocycles. The van der Waals surface area contributed by atoms with E-state index in [9.17, 15) is 5.26 Å². The Kier molecular flexibility index (Phi) is 7.29. The summed E-state index contributed by atoms with van der Waals surface area (Å²) >= 11 is 0. The Morgan fingerprint density at radius 2 is 1.27 bits per heavy atom. The lowest BCUT2D eigenvalue weighted by atomic mass is 9.82. The van der Waals surface area contributed by atoms with Crippen LogP contribution in [0, 0.1) is 11.3 Å². The second kappa shape index (κ2) is 12.4. The van der Waals surface area contributed by atoms with Gasteiger partial charge in [-0.2, -0.15) is 5.26 Å². The summed E-state index contributed by atoms with van der Waals surface area (Å²) in [7, 11) is 0. The van der Waals surface area contributed by atoms with Crippen LogP contribution in [-0.2, 0) is 6.42 Å². The third kappa shape index (κ3) is 4.65. The van der Waals surface area contributed by atoms with Crippen molar-refractivity contribution in [1.82, 2.24) is 9.13 Å². The number of aromatic nitrogens is 2. The van der Waals surface area contributed by atoms with Crippen molar-refractivity contribution in [3.8, 4) is 28.6 Å². The van der Waals surface area contributed by atoms with Gasteiger partial charge in [0.05, 0.1) is 27.6 Å². The number of fused-ring (bicyclic) bond motifs is 6. The summed E-state index contributed by atoms with van der Waals surface area (Å²) in [5.74, 6) is 0. The predicted octanol–water partition coefficient (Wildman–Crippen LogP) is 10.6. The van der Waals surface area contributed by atoms with E-state index >= 15 is 0 Å². The predicted molar refractivity (Wildman–Crippen MR) is 216 cm³/mol. The average Bonchev–Trinajstić information content (AvgIpc) is 3.74. The van der Waals surface area contributed by atoms with Gasteiger partial charge in [0, 0.05) is 38.5 Å². The Morgan fingerprint density at radius 3 is 2.17 bits per heavy atom. The van der Waals surface area contributed by atoms with E-state index in [4.69, 9.17) is 0 Å². The quantitative estimate of drug-likeness (QED) is 0.180. The van der Waals surface area contributed by atoms with Crippen molar-refractivity contribution < 1.29 is 0 Å². The van der Waals surface area contributed by atoms with Gasteiger partial charge >= 0.3 is 0 Å². The van der Waals surface area contributed by atoms with Gasteiger partial charge in [-0.15, -0.1) is 0 Å². The smallest absolute Gasteiger partial charge is 0.101 e. The topological polar surface area (TPSA) is 33.6 Å². The highest BCUT2D eigenvalue weighted by molar-refractivity contribution is 6.05. The number of hydrogen-bond acceptors (Lipinski definition) is 1. The Hall–Kier alpha value is -6.37. The molecule has 0 saturated carbocycles. The molecule has 3 aliphatic carbocycles. The maximum atomic E-state index is 10.3. The minimum absolute atomic E-state index is 0.692. The number of para-hydroxylation sites is 4. The summed E-state index contributed by atoms with van der Waals surface area (Å²) in [5, 5.41) is 15.5. The first-order valence-electron chi connectivity index (χ1n) is 18.5. The fraction of sp³-hybridized carbons (Fsp3) is 0.122. The van der Waals surface area contributed by atoms with Crippen LogP contribution in [-0.4, -0.2) is 9.13 Å². The minimum atomic E-state index is 0.692. The van der Waals surface area contributed by atoms with E-state index in [0.717, 1.165) is 44.2 Å². The Bertz CT molecular complexity index is 2850. The lowest BCUT2D eigenvalue weighted by Crippen LogP contribution is -2.34. The second-order valence-electron chi connectivity index (χ2n) is 14.0. The molecule has 0 spiro atoms. The molecule has 0 amide bonds. The molecule has 3 heteroatoms. The van der Waals surface area contributed by atoms with E-state index in [2.05, 4.69) is 155 Å². The molecule has 7 aromatic rings. The van der Waals surface area contributed by atoms with Crippen molar-refractivity contribution >= 4 is 45.1 Å². The van der Waals surface area contributed by atoms with Gasteiger partial charge in [-0.1, -0.05) is 121 Å². The summed E-state index contributed by atoms with van der Waals surface area (Å²) < 4.78 is 4.89. The van der Waals surface area contributed by atoms with E-state index < -0.39 is 0 Å². The second-order valence-corrected chi connectivity index (χ2v) is 14.0. The number of nitrogens with zero attached hydrogens (tertiary/aromatic N) is 3. The van der Waals surface area contributed by atoms with Gasteiger partial charge in [0.25, 0.3) is 0 Å². The molecule has 10 rings (SSSR count). The lowest BCUT2D eigenvalue weighted by molar-refractivity contribution is 0.887. The summed E-state index contributed by atoms with van der Waals surface area (Å²) in [6, 6.07) is 46.1. The van der Waals surface area contributed by atoms with Crippen molar-refractivity contribution in [2.75, 3.05) is 0 Å². The Morgan fingerprint density at radius 1 is 0.558 bits per heavy atom. The minimum Gasteiger partial charge on any atom is -0.311 e. The largest absolute Gasteiger partial charge is 0.311 e. The van der Waals surface area contributed by atoms with Crippen molar-refractivity contribution in [2.45, 2.75) is 38.5 Å². The molecule has 0 N–H and O–H groups in total. The fourth-order valence-electron chi connectivity index (χ4n) is 9.08. The van der Waals surface area contributed by atoms with Gasteiger partial charge < -0.3 is 9.13 Å². The zero-order chi connectivity index (χ0) is 34.6. The number of hydrogen-bond donors (Lipinski definition) is 0. The molecule has 0 bridgehead atoms. The molecular formula is C49H37N3. The van der Waals surface area contributed by atoms with Gasteiger partial charge in [0.2, 0.25) is 0 Å². The first-order valence-corrected chi connectivity index (χ1v) is 18.5. The van der Waals surface area contributed by atoms with E-state index in [0.29, 0.717) is 5.56 Å². The first-order chi connectivity index (χ1) is 25.8. The van der Waals surface area contributed by atoms with Crippen LogP contribution in [0.4, 0.5) is 0 Å². The fourth-order valence-corrected chi connectivity index (χ4v) is 9.08. The van der Waals surface area contributed by atoms with Crippen LogP contribution >= 0.6 is 0 Å². The third-order valence-corrected chi connectivity index (χ3v) is 11.2.